The number of rotatable bonds is 1. The van der Waals surface area contributed by atoms with E-state index in [0.717, 1.165) is 11.2 Å². The quantitative estimate of drug-likeness (QED) is 0.666. The van der Waals surface area contributed by atoms with E-state index >= 15 is 0 Å². The molecule has 13 heavy (non-hydrogen) atoms. The molecule has 2 aromatic rings. The van der Waals surface area contributed by atoms with Crippen molar-refractivity contribution in [1.82, 2.24) is 14.5 Å². The molecular weight excluding hydrogens is 162 g/mol. The third kappa shape index (κ3) is 1.20. The number of imidazole rings is 1. The Kier molecular flexibility index (Phi) is 1.79. The van der Waals surface area contributed by atoms with Crippen molar-refractivity contribution >= 4 is 11.0 Å². The van der Waals surface area contributed by atoms with Gasteiger partial charge in [-0.1, -0.05) is 0 Å². The van der Waals surface area contributed by atoms with Crippen LogP contribution in [0.3, 0.4) is 0 Å². The van der Waals surface area contributed by atoms with Gasteiger partial charge in [0.15, 0.2) is 0 Å². The molecule has 3 heteroatoms. The highest BCUT2D eigenvalue weighted by Gasteiger charge is 2.06. The predicted octanol–water partition coefficient (Wildman–Crippen LogP) is 2.32. The van der Waals surface area contributed by atoms with E-state index in [1.165, 1.54) is 5.52 Å². The Balaban J connectivity index is 2.75. The Morgan fingerprint density at radius 3 is 2.77 bits per heavy atom. The highest BCUT2D eigenvalue weighted by Crippen LogP contribution is 2.18. The molecular formula is C10H13N3. The first-order valence-electron chi connectivity index (χ1n) is 4.48. The number of aromatic nitrogens is 3. The molecule has 2 heterocycles. The fourth-order valence-corrected chi connectivity index (χ4v) is 1.51. The number of aryl methyl sites for hydroxylation is 1. The zero-order chi connectivity index (χ0) is 9.42. The Morgan fingerprint density at radius 2 is 2.08 bits per heavy atom. The van der Waals surface area contributed by atoms with E-state index in [9.17, 15) is 0 Å². The second-order valence-corrected chi connectivity index (χ2v) is 3.51. The van der Waals surface area contributed by atoms with Gasteiger partial charge in [-0.25, -0.2) is 4.98 Å². The van der Waals surface area contributed by atoms with Gasteiger partial charge in [-0.3, -0.25) is 4.98 Å². The lowest BCUT2D eigenvalue weighted by molar-refractivity contribution is 0.617. The van der Waals surface area contributed by atoms with Crippen molar-refractivity contribution in [1.29, 1.82) is 0 Å². The van der Waals surface area contributed by atoms with Crippen molar-refractivity contribution in [2.45, 2.75) is 26.8 Å². The van der Waals surface area contributed by atoms with Gasteiger partial charge >= 0.3 is 0 Å². The molecule has 0 bridgehead atoms. The lowest BCUT2D eigenvalue weighted by Gasteiger charge is -2.07. The number of fused-ring (bicyclic) bond motifs is 1. The molecule has 0 atom stereocenters. The summed E-state index contributed by atoms with van der Waals surface area (Å²) in [6.07, 6.45) is 3.71. The normalized spacial score (nSPS) is 11.4. The summed E-state index contributed by atoms with van der Waals surface area (Å²) in [4.78, 5) is 8.54. The maximum atomic E-state index is 4.34. The van der Waals surface area contributed by atoms with Crippen molar-refractivity contribution < 1.29 is 0 Å². The summed E-state index contributed by atoms with van der Waals surface area (Å²) >= 11 is 0. The van der Waals surface area contributed by atoms with E-state index in [2.05, 4.69) is 28.4 Å². The first-order valence-corrected chi connectivity index (χ1v) is 4.48. The van der Waals surface area contributed by atoms with Crippen LogP contribution in [0.2, 0.25) is 0 Å². The van der Waals surface area contributed by atoms with Crippen molar-refractivity contribution in [2.75, 3.05) is 0 Å². The Hall–Kier alpha value is -1.38. The van der Waals surface area contributed by atoms with E-state index in [0.29, 0.717) is 6.04 Å². The molecule has 3 nitrogen and oxygen atoms in total. The zero-order valence-electron chi connectivity index (χ0n) is 8.15. The SMILES string of the molecule is Cc1nccc2c1ncn2C(C)C. The van der Waals surface area contributed by atoms with Gasteiger partial charge in [-0.05, 0) is 26.8 Å². The molecule has 0 aliphatic rings. The van der Waals surface area contributed by atoms with Crippen LogP contribution in [0.1, 0.15) is 25.6 Å². The molecule has 0 amide bonds. The largest absolute Gasteiger partial charge is 0.328 e. The maximum Gasteiger partial charge on any atom is 0.110 e. The number of hydrogen-bond donors (Lipinski definition) is 0. The van der Waals surface area contributed by atoms with Crippen LogP contribution >= 0.6 is 0 Å². The van der Waals surface area contributed by atoms with Gasteiger partial charge in [0, 0.05) is 12.2 Å². The highest BCUT2D eigenvalue weighted by molar-refractivity contribution is 5.77. The van der Waals surface area contributed by atoms with Crippen LogP contribution in [0.5, 0.6) is 0 Å². The van der Waals surface area contributed by atoms with Crippen LogP contribution in [0.4, 0.5) is 0 Å². The van der Waals surface area contributed by atoms with E-state index in [1.807, 2.05) is 25.5 Å². The van der Waals surface area contributed by atoms with Crippen molar-refractivity contribution in [3.8, 4) is 0 Å². The molecule has 0 radical (unpaired) electrons. The number of nitrogens with zero attached hydrogens (tertiary/aromatic N) is 3. The first kappa shape index (κ1) is 8.23. The van der Waals surface area contributed by atoms with Crippen LogP contribution in [-0.4, -0.2) is 14.5 Å². The molecule has 0 unspecified atom stereocenters. The topological polar surface area (TPSA) is 30.7 Å². The van der Waals surface area contributed by atoms with Gasteiger partial charge < -0.3 is 4.57 Å². The lowest BCUT2D eigenvalue weighted by Crippen LogP contribution is -1.98. The van der Waals surface area contributed by atoms with E-state index < -0.39 is 0 Å². The fourth-order valence-electron chi connectivity index (χ4n) is 1.51. The van der Waals surface area contributed by atoms with Crippen LogP contribution in [0.25, 0.3) is 11.0 Å². The number of hydrogen-bond acceptors (Lipinski definition) is 2. The van der Waals surface area contributed by atoms with E-state index in [1.54, 1.807) is 0 Å². The van der Waals surface area contributed by atoms with Crippen molar-refractivity contribution in [3.05, 3.63) is 24.3 Å². The molecule has 68 valence electrons. The third-order valence-electron chi connectivity index (χ3n) is 2.23. The Bertz CT molecular complexity index is 429. The predicted molar refractivity (Wildman–Crippen MR) is 52.7 cm³/mol. The Labute approximate surface area is 77.4 Å². The minimum atomic E-state index is 0.451. The minimum absolute atomic E-state index is 0.451. The van der Waals surface area contributed by atoms with Gasteiger partial charge in [0.1, 0.15) is 5.52 Å². The summed E-state index contributed by atoms with van der Waals surface area (Å²) < 4.78 is 2.16. The lowest BCUT2D eigenvalue weighted by atomic mass is 10.3. The summed E-state index contributed by atoms with van der Waals surface area (Å²) in [5.74, 6) is 0. The van der Waals surface area contributed by atoms with Crippen LogP contribution < -0.4 is 0 Å². The van der Waals surface area contributed by atoms with E-state index in [4.69, 9.17) is 0 Å². The summed E-state index contributed by atoms with van der Waals surface area (Å²) in [5.41, 5.74) is 3.18. The molecule has 0 saturated heterocycles. The molecule has 0 fully saturated rings. The molecule has 0 aliphatic heterocycles. The molecule has 0 aliphatic carbocycles. The summed E-state index contributed by atoms with van der Waals surface area (Å²) in [6.45, 7) is 6.29. The molecule has 0 spiro atoms. The second kappa shape index (κ2) is 2.83. The summed E-state index contributed by atoms with van der Waals surface area (Å²) in [7, 11) is 0. The van der Waals surface area contributed by atoms with Gasteiger partial charge in [0.25, 0.3) is 0 Å². The van der Waals surface area contributed by atoms with Crippen LogP contribution in [0.15, 0.2) is 18.6 Å². The monoisotopic (exact) mass is 175 g/mol. The zero-order valence-corrected chi connectivity index (χ0v) is 8.15. The van der Waals surface area contributed by atoms with Gasteiger partial charge in [0.05, 0.1) is 17.5 Å². The molecule has 0 aromatic carbocycles. The molecule has 2 aromatic heterocycles. The van der Waals surface area contributed by atoms with Gasteiger partial charge in [-0.15, -0.1) is 0 Å². The van der Waals surface area contributed by atoms with E-state index in [-0.39, 0.29) is 0 Å². The average Bonchev–Trinajstić information content (AvgIpc) is 2.48. The molecule has 2 rings (SSSR count). The summed E-state index contributed by atoms with van der Waals surface area (Å²) in [5, 5.41) is 0. The third-order valence-corrected chi connectivity index (χ3v) is 2.23. The van der Waals surface area contributed by atoms with Gasteiger partial charge in [-0.2, -0.15) is 0 Å². The molecule has 0 N–H and O–H groups in total. The summed E-state index contributed by atoms with van der Waals surface area (Å²) in [6, 6.07) is 2.46. The maximum absolute atomic E-state index is 4.34. The van der Waals surface area contributed by atoms with Crippen LogP contribution in [0, 0.1) is 6.92 Å². The second-order valence-electron chi connectivity index (χ2n) is 3.51. The average molecular weight is 175 g/mol. The molecule has 0 saturated carbocycles. The highest BCUT2D eigenvalue weighted by atomic mass is 15.1. The van der Waals surface area contributed by atoms with Gasteiger partial charge in [0.2, 0.25) is 0 Å². The van der Waals surface area contributed by atoms with Crippen molar-refractivity contribution in [2.24, 2.45) is 0 Å². The smallest absolute Gasteiger partial charge is 0.110 e. The number of pyridine rings is 1. The minimum Gasteiger partial charge on any atom is -0.328 e. The van der Waals surface area contributed by atoms with Crippen molar-refractivity contribution in [3.63, 3.8) is 0 Å². The van der Waals surface area contributed by atoms with Crippen LogP contribution in [-0.2, 0) is 0 Å². The first-order chi connectivity index (χ1) is 6.20. The Morgan fingerprint density at radius 1 is 1.31 bits per heavy atom. The fraction of sp³-hybridized carbons (Fsp3) is 0.400. The standard InChI is InChI=1S/C10H13N3/c1-7(2)13-6-12-10-8(3)11-5-4-9(10)13/h4-7H,1-3H3.